The fraction of sp³-hybridized carbons (Fsp3) is 0.941. The van der Waals surface area contributed by atoms with E-state index < -0.39 is 0 Å². The molecule has 3 heteroatoms. The zero-order chi connectivity index (χ0) is 14.3. The van der Waals surface area contributed by atoms with E-state index in [0.29, 0.717) is 18.0 Å². The Morgan fingerprint density at radius 3 is 2.45 bits per heavy atom. The smallest absolute Gasteiger partial charge is 0.244 e. The molecule has 3 rings (SSSR count). The molecule has 1 N–H and O–H groups in total. The molecule has 0 radical (unpaired) electrons. The second-order valence-corrected chi connectivity index (χ2v) is 7.96. The average molecular weight is 278 g/mol. The summed E-state index contributed by atoms with van der Waals surface area (Å²) in [6.45, 7) is 7.87. The number of rotatable bonds is 4. The lowest BCUT2D eigenvalue weighted by Crippen LogP contribution is -2.41. The Morgan fingerprint density at radius 1 is 1.25 bits per heavy atom. The minimum absolute atomic E-state index is 0.137. The molecule has 3 nitrogen and oxygen atoms in total. The van der Waals surface area contributed by atoms with Crippen LogP contribution >= 0.6 is 0 Å². The molecule has 0 aromatic heterocycles. The molecule has 1 amide bonds. The van der Waals surface area contributed by atoms with Gasteiger partial charge in [-0.05, 0) is 49.9 Å². The number of amides is 1. The van der Waals surface area contributed by atoms with E-state index in [1.807, 2.05) is 0 Å². The number of hydrogen-bond acceptors (Lipinski definition) is 2. The number of carbonyl (C=O) groups excluding carboxylic acids is 1. The molecule has 1 atom stereocenters. The highest BCUT2D eigenvalue weighted by atomic mass is 16.2. The third kappa shape index (κ3) is 2.74. The molecular formula is C17H30N2O. The van der Waals surface area contributed by atoms with E-state index >= 15 is 0 Å². The van der Waals surface area contributed by atoms with Crippen LogP contribution in [0.4, 0.5) is 0 Å². The first-order chi connectivity index (χ1) is 9.50. The predicted octanol–water partition coefficient (Wildman–Crippen LogP) is 3.15. The van der Waals surface area contributed by atoms with Gasteiger partial charge in [0.1, 0.15) is 0 Å². The van der Waals surface area contributed by atoms with Gasteiger partial charge in [0, 0.05) is 6.54 Å². The van der Waals surface area contributed by atoms with Gasteiger partial charge in [-0.3, -0.25) is 10.1 Å². The Hall–Kier alpha value is -0.570. The minimum atomic E-state index is -0.137. The first kappa shape index (κ1) is 14.4. The molecule has 0 aromatic rings. The zero-order valence-electron chi connectivity index (χ0n) is 13.3. The number of nitrogens with one attached hydrogen (secondary N) is 1. The van der Waals surface area contributed by atoms with Gasteiger partial charge in [0.15, 0.2) is 0 Å². The molecule has 0 aromatic carbocycles. The van der Waals surface area contributed by atoms with Crippen molar-refractivity contribution in [1.82, 2.24) is 10.2 Å². The number of carbonyl (C=O) groups is 1. The summed E-state index contributed by atoms with van der Waals surface area (Å²) in [7, 11) is 0. The molecule has 3 aliphatic rings. The van der Waals surface area contributed by atoms with Gasteiger partial charge < -0.3 is 4.90 Å². The van der Waals surface area contributed by atoms with Gasteiger partial charge in [-0.15, -0.1) is 0 Å². The van der Waals surface area contributed by atoms with Crippen LogP contribution in [0.15, 0.2) is 0 Å². The van der Waals surface area contributed by atoms with E-state index in [0.717, 1.165) is 37.6 Å². The quantitative estimate of drug-likeness (QED) is 0.857. The van der Waals surface area contributed by atoms with Gasteiger partial charge in [-0.1, -0.05) is 33.6 Å². The third-order valence-corrected chi connectivity index (χ3v) is 5.52. The molecule has 1 heterocycles. The molecule has 1 spiro atoms. The van der Waals surface area contributed by atoms with Gasteiger partial charge in [-0.2, -0.15) is 0 Å². The molecule has 20 heavy (non-hydrogen) atoms. The van der Waals surface area contributed by atoms with Crippen LogP contribution in [0, 0.1) is 17.8 Å². The maximum atomic E-state index is 12.7. The summed E-state index contributed by atoms with van der Waals surface area (Å²) in [4.78, 5) is 14.9. The summed E-state index contributed by atoms with van der Waals surface area (Å²) < 4.78 is 0. The number of hydrogen-bond donors (Lipinski definition) is 1. The second kappa shape index (κ2) is 5.32. The lowest BCUT2D eigenvalue weighted by molar-refractivity contribution is -0.131. The van der Waals surface area contributed by atoms with E-state index in [9.17, 15) is 4.79 Å². The highest BCUT2D eigenvalue weighted by Gasteiger charge is 2.59. The van der Waals surface area contributed by atoms with Crippen molar-refractivity contribution in [3.8, 4) is 0 Å². The topological polar surface area (TPSA) is 32.3 Å². The standard InChI is InChI=1S/C17H30N2O/c1-12(2)10-15-18-17(8-9-17)16(20)19(15)11-14-6-4-13(3)5-7-14/h12-15,18H,4-11H2,1-3H3. The Balaban J connectivity index is 1.64. The first-order valence-corrected chi connectivity index (χ1v) is 8.59. The SMILES string of the molecule is CC(C)CC1NC2(CC2)C(=O)N1CC1CCC(C)CC1. The molecule has 2 saturated carbocycles. The first-order valence-electron chi connectivity index (χ1n) is 8.59. The largest absolute Gasteiger partial charge is 0.325 e. The minimum Gasteiger partial charge on any atom is -0.325 e. The third-order valence-electron chi connectivity index (χ3n) is 5.52. The van der Waals surface area contributed by atoms with E-state index in [4.69, 9.17) is 0 Å². The lowest BCUT2D eigenvalue weighted by atomic mass is 9.82. The van der Waals surface area contributed by atoms with Crippen LogP contribution in [0.1, 0.15) is 65.7 Å². The normalized spacial score (nSPS) is 36.1. The van der Waals surface area contributed by atoms with Crippen LogP contribution in [-0.2, 0) is 4.79 Å². The van der Waals surface area contributed by atoms with Gasteiger partial charge in [0.2, 0.25) is 5.91 Å². The Bertz CT molecular complexity index is 367. The highest BCUT2D eigenvalue weighted by molar-refractivity contribution is 5.91. The molecule has 1 unspecified atom stereocenters. The van der Waals surface area contributed by atoms with Crippen LogP contribution in [0.3, 0.4) is 0 Å². The van der Waals surface area contributed by atoms with Gasteiger partial charge in [0.25, 0.3) is 0 Å². The fourth-order valence-corrected chi connectivity index (χ4v) is 3.99. The molecule has 0 bridgehead atoms. The summed E-state index contributed by atoms with van der Waals surface area (Å²) in [5.41, 5.74) is -0.137. The van der Waals surface area contributed by atoms with Crippen molar-refractivity contribution >= 4 is 5.91 Å². The van der Waals surface area contributed by atoms with Crippen LogP contribution in [0.5, 0.6) is 0 Å². The van der Waals surface area contributed by atoms with Crippen LogP contribution in [0.25, 0.3) is 0 Å². The van der Waals surface area contributed by atoms with Crippen LogP contribution < -0.4 is 5.32 Å². The van der Waals surface area contributed by atoms with Crippen molar-refractivity contribution < 1.29 is 4.79 Å². The maximum Gasteiger partial charge on any atom is 0.244 e. The lowest BCUT2D eigenvalue weighted by Gasteiger charge is -2.33. The van der Waals surface area contributed by atoms with Crippen LogP contribution in [-0.4, -0.2) is 29.1 Å². The molecule has 1 aliphatic heterocycles. The summed E-state index contributed by atoms with van der Waals surface area (Å²) >= 11 is 0. The van der Waals surface area contributed by atoms with E-state index in [-0.39, 0.29) is 5.54 Å². The van der Waals surface area contributed by atoms with Crippen molar-refractivity contribution in [2.45, 2.75) is 77.4 Å². The molecule has 2 aliphatic carbocycles. The Morgan fingerprint density at radius 2 is 1.90 bits per heavy atom. The molecule has 3 fully saturated rings. The van der Waals surface area contributed by atoms with Crippen molar-refractivity contribution in [3.63, 3.8) is 0 Å². The van der Waals surface area contributed by atoms with E-state index in [1.165, 1.54) is 25.7 Å². The van der Waals surface area contributed by atoms with Crippen molar-refractivity contribution in [2.75, 3.05) is 6.54 Å². The number of nitrogens with zero attached hydrogens (tertiary/aromatic N) is 1. The zero-order valence-corrected chi connectivity index (χ0v) is 13.3. The molecule has 1 saturated heterocycles. The summed E-state index contributed by atoms with van der Waals surface area (Å²) in [5.74, 6) is 2.67. The fourth-order valence-electron chi connectivity index (χ4n) is 3.99. The van der Waals surface area contributed by atoms with Crippen molar-refractivity contribution in [3.05, 3.63) is 0 Å². The summed E-state index contributed by atoms with van der Waals surface area (Å²) in [6.07, 6.45) is 8.82. The predicted molar refractivity (Wildman–Crippen MR) is 81.2 cm³/mol. The van der Waals surface area contributed by atoms with Gasteiger partial charge in [-0.25, -0.2) is 0 Å². The van der Waals surface area contributed by atoms with E-state index in [1.54, 1.807) is 0 Å². The van der Waals surface area contributed by atoms with Crippen molar-refractivity contribution in [1.29, 1.82) is 0 Å². The highest BCUT2D eigenvalue weighted by Crippen LogP contribution is 2.43. The monoisotopic (exact) mass is 278 g/mol. The summed E-state index contributed by atoms with van der Waals surface area (Å²) in [5, 5.41) is 3.65. The Kier molecular flexibility index (Phi) is 3.83. The maximum absolute atomic E-state index is 12.7. The average Bonchev–Trinajstić information content (AvgIpc) is 3.12. The Labute approximate surface area is 123 Å². The molecule has 114 valence electrons. The van der Waals surface area contributed by atoms with Gasteiger partial charge >= 0.3 is 0 Å². The summed E-state index contributed by atoms with van der Waals surface area (Å²) in [6, 6.07) is 0. The molecular weight excluding hydrogens is 248 g/mol. The van der Waals surface area contributed by atoms with Gasteiger partial charge in [0.05, 0.1) is 11.7 Å². The van der Waals surface area contributed by atoms with E-state index in [2.05, 4.69) is 31.0 Å². The second-order valence-electron chi connectivity index (χ2n) is 7.96. The van der Waals surface area contributed by atoms with Crippen molar-refractivity contribution in [2.24, 2.45) is 17.8 Å². The van der Waals surface area contributed by atoms with Crippen LogP contribution in [0.2, 0.25) is 0 Å².